The van der Waals surface area contributed by atoms with Crippen molar-refractivity contribution < 1.29 is 4.39 Å². The lowest BCUT2D eigenvalue weighted by Gasteiger charge is -2.11. The zero-order chi connectivity index (χ0) is 18.3. The fourth-order valence-electron chi connectivity index (χ4n) is 3.10. The van der Waals surface area contributed by atoms with Crippen LogP contribution in [0.4, 0.5) is 15.9 Å². The zero-order valence-electron chi connectivity index (χ0n) is 14.9. The first-order chi connectivity index (χ1) is 12.5. The number of nitrogens with zero attached hydrogens (tertiary/aromatic N) is 3. The maximum absolute atomic E-state index is 13.3. The molecule has 0 amide bonds. The second-order valence-corrected chi connectivity index (χ2v) is 6.46. The van der Waals surface area contributed by atoms with Crippen molar-refractivity contribution >= 4 is 22.4 Å². The van der Waals surface area contributed by atoms with E-state index in [9.17, 15) is 4.39 Å². The molecule has 2 heterocycles. The van der Waals surface area contributed by atoms with Crippen molar-refractivity contribution in [2.24, 2.45) is 7.05 Å². The summed E-state index contributed by atoms with van der Waals surface area (Å²) in [7, 11) is 1.92. The Kier molecular flexibility index (Phi) is 3.92. The van der Waals surface area contributed by atoms with Gasteiger partial charge in [0.1, 0.15) is 11.6 Å². The molecule has 4 rings (SSSR count). The van der Waals surface area contributed by atoms with Crippen LogP contribution in [0.5, 0.6) is 0 Å². The summed E-state index contributed by atoms with van der Waals surface area (Å²) in [4.78, 5) is 4.81. The van der Waals surface area contributed by atoms with Gasteiger partial charge in [-0.2, -0.15) is 5.10 Å². The van der Waals surface area contributed by atoms with Gasteiger partial charge in [0.25, 0.3) is 0 Å². The first kappa shape index (κ1) is 16.3. The summed E-state index contributed by atoms with van der Waals surface area (Å²) in [6, 6.07) is 16.5. The number of hydrogen-bond acceptors (Lipinski definition) is 3. The molecular weight excluding hydrogens is 327 g/mol. The molecule has 0 radical (unpaired) electrons. The molecule has 1 N–H and O–H groups in total. The third kappa shape index (κ3) is 2.92. The van der Waals surface area contributed by atoms with Crippen molar-refractivity contribution in [1.82, 2.24) is 14.8 Å². The van der Waals surface area contributed by atoms with Crippen molar-refractivity contribution in [3.8, 4) is 11.3 Å². The fourth-order valence-corrected chi connectivity index (χ4v) is 3.10. The highest BCUT2D eigenvalue weighted by atomic mass is 19.1. The molecule has 0 spiro atoms. The minimum Gasteiger partial charge on any atom is -0.340 e. The molecule has 0 unspecified atom stereocenters. The number of nitrogens with one attached hydrogen (secondary N) is 1. The smallest absolute Gasteiger partial charge is 0.142 e. The highest BCUT2D eigenvalue weighted by Crippen LogP contribution is 2.31. The fraction of sp³-hybridized carbons (Fsp3) is 0.143. The summed E-state index contributed by atoms with van der Waals surface area (Å²) in [6.45, 7) is 4.03. The second-order valence-electron chi connectivity index (χ2n) is 6.46. The molecule has 5 heteroatoms. The Morgan fingerprint density at radius 1 is 0.962 bits per heavy atom. The Bertz CT molecular complexity index is 1080. The summed E-state index contributed by atoms with van der Waals surface area (Å²) < 4.78 is 15.1. The minimum absolute atomic E-state index is 0.260. The van der Waals surface area contributed by atoms with E-state index in [0.29, 0.717) is 0 Å². The number of benzene rings is 2. The highest BCUT2D eigenvalue weighted by molar-refractivity contribution is 5.95. The van der Waals surface area contributed by atoms with Crippen molar-refractivity contribution in [2.75, 3.05) is 5.32 Å². The van der Waals surface area contributed by atoms with Gasteiger partial charge < -0.3 is 5.32 Å². The average molecular weight is 346 g/mol. The van der Waals surface area contributed by atoms with Gasteiger partial charge in [-0.25, -0.2) is 9.37 Å². The molecule has 0 aliphatic heterocycles. The van der Waals surface area contributed by atoms with Gasteiger partial charge in [-0.15, -0.1) is 0 Å². The Labute approximate surface area is 151 Å². The van der Waals surface area contributed by atoms with Crippen LogP contribution in [0.3, 0.4) is 0 Å². The molecule has 26 heavy (non-hydrogen) atoms. The van der Waals surface area contributed by atoms with Crippen molar-refractivity contribution in [3.63, 3.8) is 0 Å². The zero-order valence-corrected chi connectivity index (χ0v) is 14.9. The van der Waals surface area contributed by atoms with Crippen LogP contribution in [0.15, 0.2) is 54.6 Å². The lowest BCUT2D eigenvalue weighted by molar-refractivity contribution is 0.628. The SMILES string of the molecule is Cc1ccc(Nc2nc(-c3ccc(F)cc3)cc3c2c(C)nn3C)cc1. The van der Waals surface area contributed by atoms with Crippen molar-refractivity contribution in [1.29, 1.82) is 0 Å². The van der Waals surface area contributed by atoms with Gasteiger partial charge in [-0.3, -0.25) is 4.68 Å². The Morgan fingerprint density at radius 3 is 2.35 bits per heavy atom. The van der Waals surface area contributed by atoms with E-state index in [2.05, 4.69) is 29.5 Å². The van der Waals surface area contributed by atoms with E-state index in [4.69, 9.17) is 4.98 Å². The predicted molar refractivity (Wildman–Crippen MR) is 103 cm³/mol. The summed E-state index contributed by atoms with van der Waals surface area (Å²) in [5.41, 5.74) is 5.69. The number of fused-ring (bicyclic) bond motifs is 1. The number of halogens is 1. The molecule has 0 fully saturated rings. The predicted octanol–water partition coefficient (Wildman–Crippen LogP) is 5.13. The summed E-state index contributed by atoms with van der Waals surface area (Å²) >= 11 is 0. The van der Waals surface area contributed by atoms with Gasteiger partial charge in [0.15, 0.2) is 0 Å². The van der Waals surface area contributed by atoms with Crippen LogP contribution >= 0.6 is 0 Å². The number of aromatic nitrogens is 3. The molecule has 0 aliphatic rings. The topological polar surface area (TPSA) is 42.7 Å². The minimum atomic E-state index is -0.260. The second kappa shape index (κ2) is 6.26. The van der Waals surface area contributed by atoms with E-state index in [1.165, 1.54) is 17.7 Å². The van der Waals surface area contributed by atoms with E-state index in [-0.39, 0.29) is 5.82 Å². The molecule has 0 saturated heterocycles. The summed E-state index contributed by atoms with van der Waals surface area (Å²) in [6.07, 6.45) is 0. The molecule has 2 aromatic heterocycles. The van der Waals surface area contributed by atoms with Gasteiger partial charge in [0.05, 0.1) is 22.3 Å². The van der Waals surface area contributed by atoms with Crippen LogP contribution in [0.1, 0.15) is 11.3 Å². The van der Waals surface area contributed by atoms with E-state index >= 15 is 0 Å². The lowest BCUT2D eigenvalue weighted by Crippen LogP contribution is -1.98. The van der Waals surface area contributed by atoms with Gasteiger partial charge >= 0.3 is 0 Å². The normalized spacial score (nSPS) is 11.1. The Morgan fingerprint density at radius 2 is 1.65 bits per heavy atom. The Balaban J connectivity index is 1.88. The molecule has 4 aromatic rings. The van der Waals surface area contributed by atoms with E-state index < -0.39 is 0 Å². The van der Waals surface area contributed by atoms with Crippen molar-refractivity contribution in [2.45, 2.75) is 13.8 Å². The van der Waals surface area contributed by atoms with Crippen LogP contribution in [-0.4, -0.2) is 14.8 Å². The molecule has 4 nitrogen and oxygen atoms in total. The van der Waals surface area contributed by atoms with Crippen LogP contribution in [-0.2, 0) is 7.05 Å². The lowest BCUT2D eigenvalue weighted by atomic mass is 10.1. The van der Waals surface area contributed by atoms with Gasteiger partial charge in [-0.1, -0.05) is 17.7 Å². The molecular formula is C21H19FN4. The summed E-state index contributed by atoms with van der Waals surface area (Å²) in [5.74, 6) is 0.487. The highest BCUT2D eigenvalue weighted by Gasteiger charge is 2.15. The molecule has 0 bridgehead atoms. The van der Waals surface area contributed by atoms with Crippen molar-refractivity contribution in [3.05, 3.63) is 71.7 Å². The van der Waals surface area contributed by atoms with Crippen LogP contribution < -0.4 is 5.32 Å². The largest absolute Gasteiger partial charge is 0.340 e. The third-order valence-corrected chi connectivity index (χ3v) is 4.46. The standard InChI is InChI=1S/C21H19FN4/c1-13-4-10-17(11-5-13)23-21-20-14(2)25-26(3)19(20)12-18(24-21)15-6-8-16(22)9-7-15/h4-12H,1-3H3,(H,23,24). The monoisotopic (exact) mass is 346 g/mol. The van der Waals surface area contributed by atoms with E-state index in [0.717, 1.165) is 39.4 Å². The van der Waals surface area contributed by atoms with E-state index in [1.807, 2.05) is 36.9 Å². The molecule has 0 saturated carbocycles. The van der Waals surface area contributed by atoms with Crippen LogP contribution in [0.2, 0.25) is 0 Å². The van der Waals surface area contributed by atoms with Gasteiger partial charge in [0, 0.05) is 18.3 Å². The van der Waals surface area contributed by atoms with Crippen LogP contribution in [0.25, 0.3) is 22.2 Å². The Hall–Kier alpha value is -3.21. The maximum atomic E-state index is 13.3. The molecule has 0 atom stereocenters. The number of aryl methyl sites for hydroxylation is 3. The molecule has 0 aliphatic carbocycles. The van der Waals surface area contributed by atoms with Gasteiger partial charge in [0.2, 0.25) is 0 Å². The number of anilines is 2. The first-order valence-electron chi connectivity index (χ1n) is 8.45. The molecule has 130 valence electrons. The number of rotatable bonds is 3. The maximum Gasteiger partial charge on any atom is 0.142 e. The first-order valence-corrected chi connectivity index (χ1v) is 8.45. The van der Waals surface area contributed by atoms with Crippen LogP contribution in [0, 0.1) is 19.7 Å². The number of hydrogen-bond donors (Lipinski definition) is 1. The quantitative estimate of drug-likeness (QED) is 0.559. The molecule has 2 aromatic carbocycles. The third-order valence-electron chi connectivity index (χ3n) is 4.46. The average Bonchev–Trinajstić information content (AvgIpc) is 2.92. The van der Waals surface area contributed by atoms with E-state index in [1.54, 1.807) is 12.1 Å². The van der Waals surface area contributed by atoms with Gasteiger partial charge in [-0.05, 0) is 56.3 Å². The number of pyridine rings is 1. The summed E-state index contributed by atoms with van der Waals surface area (Å²) in [5, 5.41) is 8.93.